The Bertz CT molecular complexity index is 116. The van der Waals surface area contributed by atoms with Crippen LogP contribution in [0.25, 0.3) is 0 Å². The first-order chi connectivity index (χ1) is 4.84. The van der Waals surface area contributed by atoms with E-state index in [-0.39, 0.29) is 0 Å². The fraction of sp³-hybridized carbons (Fsp3) is 0.875. The van der Waals surface area contributed by atoms with E-state index in [1.807, 2.05) is 0 Å². The van der Waals surface area contributed by atoms with E-state index in [1.54, 1.807) is 0 Å². The molecule has 0 spiro atoms. The Morgan fingerprint density at radius 3 is 3.00 bits per heavy atom. The molecular weight excluding hydrogens is 126 g/mol. The molecule has 0 amide bonds. The molecule has 0 unspecified atom stereocenters. The molecule has 10 heavy (non-hydrogen) atoms. The molecule has 0 aliphatic carbocycles. The Balaban J connectivity index is 2.25. The zero-order valence-electron chi connectivity index (χ0n) is 6.52. The summed E-state index contributed by atoms with van der Waals surface area (Å²) in [5, 5.41) is 3.19. The van der Waals surface area contributed by atoms with Crippen molar-refractivity contribution in [3.63, 3.8) is 0 Å². The van der Waals surface area contributed by atoms with Crippen molar-refractivity contribution in [1.82, 2.24) is 5.32 Å². The van der Waals surface area contributed by atoms with E-state index in [0.717, 1.165) is 32.4 Å². The van der Waals surface area contributed by atoms with Crippen LogP contribution in [0.5, 0.6) is 0 Å². The van der Waals surface area contributed by atoms with Crippen LogP contribution in [-0.2, 0) is 4.79 Å². The normalized spacial score (nSPS) is 25.1. The highest BCUT2D eigenvalue weighted by molar-refractivity contribution is 5.81. The van der Waals surface area contributed by atoms with Crippen molar-refractivity contribution in [2.45, 2.75) is 26.2 Å². The fourth-order valence-corrected chi connectivity index (χ4v) is 1.38. The van der Waals surface area contributed by atoms with Crippen LogP contribution in [0.3, 0.4) is 0 Å². The van der Waals surface area contributed by atoms with E-state index in [4.69, 9.17) is 0 Å². The molecule has 2 heteroatoms. The first-order valence-electron chi connectivity index (χ1n) is 4.08. The molecule has 1 atom stereocenters. The molecule has 1 fully saturated rings. The van der Waals surface area contributed by atoms with Crippen LogP contribution in [-0.4, -0.2) is 18.9 Å². The SMILES string of the molecule is CCCC(=O)[C@@H]1CCNC1. The Hall–Kier alpha value is -0.370. The summed E-state index contributed by atoms with van der Waals surface area (Å²) in [5.74, 6) is 0.785. The maximum Gasteiger partial charge on any atom is 0.137 e. The van der Waals surface area contributed by atoms with Gasteiger partial charge in [-0.2, -0.15) is 0 Å². The highest BCUT2D eigenvalue weighted by Crippen LogP contribution is 2.11. The first-order valence-corrected chi connectivity index (χ1v) is 4.08. The van der Waals surface area contributed by atoms with Crippen LogP contribution in [0, 0.1) is 5.92 Å². The molecule has 1 saturated heterocycles. The highest BCUT2D eigenvalue weighted by atomic mass is 16.1. The van der Waals surface area contributed by atoms with Gasteiger partial charge in [-0.25, -0.2) is 0 Å². The zero-order chi connectivity index (χ0) is 7.40. The fourth-order valence-electron chi connectivity index (χ4n) is 1.38. The van der Waals surface area contributed by atoms with E-state index >= 15 is 0 Å². The average molecular weight is 141 g/mol. The number of ketones is 1. The number of rotatable bonds is 3. The first kappa shape index (κ1) is 7.73. The lowest BCUT2D eigenvalue weighted by Crippen LogP contribution is -2.17. The van der Waals surface area contributed by atoms with Crippen LogP contribution < -0.4 is 5.32 Å². The van der Waals surface area contributed by atoms with Gasteiger partial charge >= 0.3 is 0 Å². The van der Waals surface area contributed by atoms with E-state index in [2.05, 4.69) is 12.2 Å². The van der Waals surface area contributed by atoms with Crippen molar-refractivity contribution in [1.29, 1.82) is 0 Å². The van der Waals surface area contributed by atoms with Crippen LogP contribution in [0.4, 0.5) is 0 Å². The molecule has 1 rings (SSSR count). The molecule has 0 saturated carbocycles. The topological polar surface area (TPSA) is 29.1 Å². The van der Waals surface area contributed by atoms with Gasteiger partial charge in [0.2, 0.25) is 0 Å². The largest absolute Gasteiger partial charge is 0.316 e. The number of hydrogen-bond donors (Lipinski definition) is 1. The van der Waals surface area contributed by atoms with Crippen molar-refractivity contribution in [3.05, 3.63) is 0 Å². The van der Waals surface area contributed by atoms with Crippen LogP contribution in [0.15, 0.2) is 0 Å². The zero-order valence-corrected chi connectivity index (χ0v) is 6.52. The second-order valence-electron chi connectivity index (χ2n) is 2.91. The Morgan fingerprint density at radius 2 is 2.50 bits per heavy atom. The van der Waals surface area contributed by atoms with E-state index < -0.39 is 0 Å². The maximum absolute atomic E-state index is 11.2. The molecule has 1 aliphatic rings. The van der Waals surface area contributed by atoms with Gasteiger partial charge in [-0.1, -0.05) is 6.92 Å². The molecule has 1 N–H and O–H groups in total. The molecule has 0 aromatic carbocycles. The summed E-state index contributed by atoms with van der Waals surface area (Å²) >= 11 is 0. The Labute approximate surface area is 62.0 Å². The Morgan fingerprint density at radius 1 is 1.70 bits per heavy atom. The van der Waals surface area contributed by atoms with Gasteiger partial charge in [0.15, 0.2) is 0 Å². The second kappa shape index (κ2) is 3.71. The summed E-state index contributed by atoms with van der Waals surface area (Å²) in [5.41, 5.74) is 0. The summed E-state index contributed by atoms with van der Waals surface area (Å²) in [7, 11) is 0. The van der Waals surface area contributed by atoms with Crippen molar-refractivity contribution >= 4 is 5.78 Å². The summed E-state index contributed by atoms with van der Waals surface area (Å²) in [6.45, 7) is 4.00. The molecule has 58 valence electrons. The molecule has 1 aliphatic heterocycles. The van der Waals surface area contributed by atoms with Gasteiger partial charge in [0.1, 0.15) is 5.78 Å². The van der Waals surface area contributed by atoms with E-state index in [1.165, 1.54) is 0 Å². The van der Waals surface area contributed by atoms with Gasteiger partial charge in [0, 0.05) is 18.9 Å². The molecule has 0 bridgehead atoms. The third-order valence-electron chi connectivity index (χ3n) is 2.01. The number of Topliss-reactive ketones (excluding diaryl/α,β-unsaturated/α-hetero) is 1. The van der Waals surface area contributed by atoms with Gasteiger partial charge in [0.05, 0.1) is 0 Å². The molecule has 0 aromatic heterocycles. The van der Waals surface area contributed by atoms with Crippen molar-refractivity contribution in [2.75, 3.05) is 13.1 Å². The smallest absolute Gasteiger partial charge is 0.137 e. The molecular formula is C8H15NO. The van der Waals surface area contributed by atoms with Gasteiger partial charge in [-0.05, 0) is 19.4 Å². The highest BCUT2D eigenvalue weighted by Gasteiger charge is 2.20. The third kappa shape index (κ3) is 1.81. The lowest BCUT2D eigenvalue weighted by molar-refractivity contribution is -0.122. The van der Waals surface area contributed by atoms with Crippen LogP contribution in [0.1, 0.15) is 26.2 Å². The number of hydrogen-bond acceptors (Lipinski definition) is 2. The minimum atomic E-state index is 0.333. The molecule has 0 aromatic rings. The number of carbonyl (C=O) groups is 1. The standard InChI is InChI=1S/C8H15NO/c1-2-3-8(10)7-4-5-9-6-7/h7,9H,2-6H2,1H3/t7-/m1/s1. The minimum Gasteiger partial charge on any atom is -0.316 e. The van der Waals surface area contributed by atoms with Crippen LogP contribution in [0.2, 0.25) is 0 Å². The summed E-state index contributed by atoms with van der Waals surface area (Å²) in [6, 6.07) is 0. The summed E-state index contributed by atoms with van der Waals surface area (Å²) < 4.78 is 0. The quantitative estimate of drug-likeness (QED) is 0.634. The predicted molar refractivity (Wildman–Crippen MR) is 40.9 cm³/mol. The molecule has 0 radical (unpaired) electrons. The lowest BCUT2D eigenvalue weighted by Gasteiger charge is -2.03. The second-order valence-corrected chi connectivity index (χ2v) is 2.91. The summed E-state index contributed by atoms with van der Waals surface area (Å²) in [6.07, 6.45) is 2.82. The van der Waals surface area contributed by atoms with Gasteiger partial charge < -0.3 is 5.32 Å². The summed E-state index contributed by atoms with van der Waals surface area (Å²) in [4.78, 5) is 11.2. The van der Waals surface area contributed by atoms with E-state index in [0.29, 0.717) is 11.7 Å². The lowest BCUT2D eigenvalue weighted by atomic mass is 10.0. The third-order valence-corrected chi connectivity index (χ3v) is 2.01. The average Bonchev–Trinajstić information content (AvgIpc) is 2.38. The predicted octanol–water partition coefficient (Wildman–Crippen LogP) is 0.965. The van der Waals surface area contributed by atoms with Gasteiger partial charge in [0.25, 0.3) is 0 Å². The van der Waals surface area contributed by atoms with Gasteiger partial charge in [-0.3, -0.25) is 4.79 Å². The monoisotopic (exact) mass is 141 g/mol. The Kier molecular flexibility index (Phi) is 2.87. The molecule has 2 nitrogen and oxygen atoms in total. The number of nitrogens with one attached hydrogen (secondary N) is 1. The maximum atomic E-state index is 11.2. The number of carbonyl (C=O) groups excluding carboxylic acids is 1. The van der Waals surface area contributed by atoms with Crippen molar-refractivity contribution in [3.8, 4) is 0 Å². The van der Waals surface area contributed by atoms with Crippen molar-refractivity contribution in [2.24, 2.45) is 5.92 Å². The molecule has 1 heterocycles. The van der Waals surface area contributed by atoms with Crippen LogP contribution >= 0.6 is 0 Å². The van der Waals surface area contributed by atoms with Gasteiger partial charge in [-0.15, -0.1) is 0 Å². The van der Waals surface area contributed by atoms with E-state index in [9.17, 15) is 4.79 Å². The van der Waals surface area contributed by atoms with Crippen molar-refractivity contribution < 1.29 is 4.79 Å². The minimum absolute atomic E-state index is 0.333.